The lowest BCUT2D eigenvalue weighted by Gasteiger charge is -2.29. The maximum absolute atomic E-state index is 8.58. The zero-order valence-electron chi connectivity index (χ0n) is 8.26. The fourth-order valence-electron chi connectivity index (χ4n) is 1.23. The fraction of sp³-hybridized carbons (Fsp3) is 0.875. The SMILES string of the molecule is CCC(CC#N)[Si](C)(OC)OC. The van der Waals surface area contributed by atoms with Gasteiger partial charge in [-0.2, -0.15) is 5.26 Å². The molecule has 1 atom stereocenters. The Labute approximate surface area is 75.5 Å². The summed E-state index contributed by atoms with van der Waals surface area (Å²) in [7, 11) is 1.25. The van der Waals surface area contributed by atoms with Crippen LogP contribution in [0.2, 0.25) is 12.1 Å². The molecule has 0 N–H and O–H groups in total. The Morgan fingerprint density at radius 2 is 1.92 bits per heavy atom. The molecule has 0 amide bonds. The highest BCUT2D eigenvalue weighted by Gasteiger charge is 2.37. The van der Waals surface area contributed by atoms with Crippen molar-refractivity contribution in [3.63, 3.8) is 0 Å². The van der Waals surface area contributed by atoms with Crippen LogP contribution in [-0.2, 0) is 8.85 Å². The number of hydrogen-bond acceptors (Lipinski definition) is 3. The van der Waals surface area contributed by atoms with Gasteiger partial charge in [0.1, 0.15) is 0 Å². The Kier molecular flexibility index (Phi) is 5.14. The van der Waals surface area contributed by atoms with Gasteiger partial charge in [0.25, 0.3) is 0 Å². The van der Waals surface area contributed by atoms with Crippen molar-refractivity contribution in [2.75, 3.05) is 14.2 Å². The van der Waals surface area contributed by atoms with Crippen LogP contribution in [0.25, 0.3) is 0 Å². The average Bonchev–Trinajstić information content (AvgIpc) is 2.13. The minimum absolute atomic E-state index is 0.275. The Hall–Kier alpha value is -0.373. The fourth-order valence-corrected chi connectivity index (χ4v) is 3.26. The lowest BCUT2D eigenvalue weighted by atomic mass is 10.3. The molecule has 0 aromatic heterocycles. The van der Waals surface area contributed by atoms with Crippen molar-refractivity contribution in [2.45, 2.75) is 31.9 Å². The second kappa shape index (κ2) is 5.30. The van der Waals surface area contributed by atoms with Crippen LogP contribution in [-0.4, -0.2) is 22.8 Å². The van der Waals surface area contributed by atoms with Gasteiger partial charge >= 0.3 is 8.56 Å². The number of nitriles is 1. The van der Waals surface area contributed by atoms with E-state index in [9.17, 15) is 0 Å². The molecule has 0 bridgehead atoms. The molecule has 0 rings (SSSR count). The first-order valence-corrected chi connectivity index (χ1v) is 6.51. The van der Waals surface area contributed by atoms with E-state index in [2.05, 4.69) is 13.0 Å². The van der Waals surface area contributed by atoms with Crippen molar-refractivity contribution in [3.8, 4) is 6.07 Å². The molecule has 0 aliphatic carbocycles. The molecule has 0 fully saturated rings. The van der Waals surface area contributed by atoms with E-state index in [0.29, 0.717) is 6.42 Å². The predicted molar refractivity (Wildman–Crippen MR) is 49.9 cm³/mol. The Balaban J connectivity index is 4.34. The van der Waals surface area contributed by atoms with Crippen molar-refractivity contribution in [1.82, 2.24) is 0 Å². The third kappa shape index (κ3) is 2.59. The molecule has 0 aromatic rings. The van der Waals surface area contributed by atoms with E-state index in [1.54, 1.807) is 14.2 Å². The Morgan fingerprint density at radius 3 is 2.17 bits per heavy atom. The summed E-state index contributed by atoms with van der Waals surface area (Å²) in [6.45, 7) is 4.06. The van der Waals surface area contributed by atoms with Crippen LogP contribution in [0.1, 0.15) is 19.8 Å². The van der Waals surface area contributed by atoms with E-state index < -0.39 is 8.56 Å². The van der Waals surface area contributed by atoms with Gasteiger partial charge in [-0.05, 0) is 6.55 Å². The molecule has 0 saturated heterocycles. The first-order valence-electron chi connectivity index (χ1n) is 4.11. The standard InChI is InChI=1S/C8H17NO2Si/c1-5-8(6-7-9)12(4,10-2)11-3/h8H,5-6H2,1-4H3. The summed E-state index contributed by atoms with van der Waals surface area (Å²) in [4.78, 5) is 0. The summed E-state index contributed by atoms with van der Waals surface area (Å²) in [6.07, 6.45) is 1.47. The van der Waals surface area contributed by atoms with Crippen LogP contribution in [0, 0.1) is 11.3 Å². The summed E-state index contributed by atoms with van der Waals surface area (Å²) in [5.74, 6) is 0. The lowest BCUT2D eigenvalue weighted by molar-refractivity contribution is 0.235. The lowest BCUT2D eigenvalue weighted by Crippen LogP contribution is -2.41. The monoisotopic (exact) mass is 187 g/mol. The van der Waals surface area contributed by atoms with Gasteiger partial charge in [-0.3, -0.25) is 0 Å². The third-order valence-corrected chi connectivity index (χ3v) is 6.10. The Morgan fingerprint density at radius 1 is 1.42 bits per heavy atom. The van der Waals surface area contributed by atoms with Gasteiger partial charge in [-0.25, -0.2) is 0 Å². The molecule has 70 valence electrons. The number of rotatable bonds is 5. The zero-order valence-corrected chi connectivity index (χ0v) is 9.26. The molecule has 0 radical (unpaired) electrons. The van der Waals surface area contributed by atoms with Gasteiger partial charge in [0.15, 0.2) is 0 Å². The molecule has 4 heteroatoms. The third-order valence-electron chi connectivity index (χ3n) is 2.38. The maximum atomic E-state index is 8.58. The number of hydrogen-bond donors (Lipinski definition) is 0. The summed E-state index contributed by atoms with van der Waals surface area (Å²) >= 11 is 0. The highest BCUT2D eigenvalue weighted by molar-refractivity contribution is 6.67. The van der Waals surface area contributed by atoms with Gasteiger partial charge in [-0.15, -0.1) is 0 Å². The summed E-state index contributed by atoms with van der Waals surface area (Å²) in [5, 5.41) is 8.58. The molecule has 3 nitrogen and oxygen atoms in total. The summed E-state index contributed by atoms with van der Waals surface area (Å²) in [6, 6.07) is 2.17. The quantitative estimate of drug-likeness (QED) is 0.619. The second-order valence-electron chi connectivity index (χ2n) is 2.89. The largest absolute Gasteiger partial charge is 0.398 e. The van der Waals surface area contributed by atoms with Gasteiger partial charge in [0, 0.05) is 26.2 Å². The van der Waals surface area contributed by atoms with Crippen molar-refractivity contribution >= 4 is 8.56 Å². The predicted octanol–water partition coefficient (Wildman–Crippen LogP) is 2.05. The highest BCUT2D eigenvalue weighted by atomic mass is 28.4. The van der Waals surface area contributed by atoms with E-state index in [1.165, 1.54) is 0 Å². The minimum Gasteiger partial charge on any atom is -0.398 e. The molecular weight excluding hydrogens is 170 g/mol. The highest BCUT2D eigenvalue weighted by Crippen LogP contribution is 2.29. The van der Waals surface area contributed by atoms with E-state index in [4.69, 9.17) is 14.1 Å². The first-order chi connectivity index (χ1) is 5.64. The van der Waals surface area contributed by atoms with E-state index in [-0.39, 0.29) is 5.54 Å². The maximum Gasteiger partial charge on any atom is 0.338 e. The van der Waals surface area contributed by atoms with Crippen LogP contribution < -0.4 is 0 Å². The van der Waals surface area contributed by atoms with Crippen molar-refractivity contribution < 1.29 is 8.85 Å². The molecule has 0 saturated carbocycles. The zero-order chi connectivity index (χ0) is 9.61. The molecule has 0 spiro atoms. The van der Waals surface area contributed by atoms with Gasteiger partial charge in [-0.1, -0.05) is 13.3 Å². The topological polar surface area (TPSA) is 42.2 Å². The van der Waals surface area contributed by atoms with Crippen molar-refractivity contribution in [3.05, 3.63) is 0 Å². The molecule has 0 aromatic carbocycles. The Bertz CT molecular complexity index is 163. The summed E-state index contributed by atoms with van der Waals surface area (Å²) < 4.78 is 10.7. The molecule has 0 heterocycles. The van der Waals surface area contributed by atoms with Crippen LogP contribution >= 0.6 is 0 Å². The van der Waals surface area contributed by atoms with Crippen LogP contribution in [0.3, 0.4) is 0 Å². The molecule has 1 unspecified atom stereocenters. The second-order valence-corrected chi connectivity index (χ2v) is 6.56. The molecule has 12 heavy (non-hydrogen) atoms. The van der Waals surface area contributed by atoms with E-state index in [1.807, 2.05) is 6.55 Å². The normalized spacial score (nSPS) is 13.9. The molecule has 0 aliphatic heterocycles. The van der Waals surface area contributed by atoms with Gasteiger partial charge < -0.3 is 8.85 Å². The smallest absolute Gasteiger partial charge is 0.338 e. The van der Waals surface area contributed by atoms with Crippen LogP contribution in [0.5, 0.6) is 0 Å². The van der Waals surface area contributed by atoms with Crippen LogP contribution in [0.4, 0.5) is 0 Å². The van der Waals surface area contributed by atoms with E-state index >= 15 is 0 Å². The minimum atomic E-state index is -2.07. The van der Waals surface area contributed by atoms with Gasteiger partial charge in [0.05, 0.1) is 6.07 Å². The average molecular weight is 187 g/mol. The van der Waals surface area contributed by atoms with E-state index in [0.717, 1.165) is 6.42 Å². The van der Waals surface area contributed by atoms with Crippen LogP contribution in [0.15, 0.2) is 0 Å². The summed E-state index contributed by atoms with van der Waals surface area (Å²) in [5.41, 5.74) is 0.275. The molecular formula is C8H17NO2Si. The number of nitrogens with zero attached hydrogens (tertiary/aromatic N) is 1. The molecule has 0 aliphatic rings. The van der Waals surface area contributed by atoms with Gasteiger partial charge in [0.2, 0.25) is 0 Å². The first kappa shape index (κ1) is 11.6. The van der Waals surface area contributed by atoms with Crippen molar-refractivity contribution in [2.24, 2.45) is 0 Å². The van der Waals surface area contributed by atoms with Crippen molar-refractivity contribution in [1.29, 1.82) is 5.26 Å².